The number of anilines is 2. The fraction of sp³-hybridized carbons (Fsp3) is 0.238. The van der Waals surface area contributed by atoms with E-state index in [2.05, 4.69) is 32.3 Å². The van der Waals surface area contributed by atoms with Crippen LogP contribution in [0.25, 0.3) is 0 Å². The lowest BCUT2D eigenvalue weighted by Crippen LogP contribution is -2.48. The van der Waals surface area contributed by atoms with Gasteiger partial charge in [-0.2, -0.15) is 0 Å². The maximum Gasteiger partial charge on any atom is 0.247 e. The molecule has 0 aromatic heterocycles. The van der Waals surface area contributed by atoms with Crippen molar-refractivity contribution in [2.45, 2.75) is 20.3 Å². The van der Waals surface area contributed by atoms with Gasteiger partial charge in [0.1, 0.15) is 17.9 Å². The van der Waals surface area contributed by atoms with E-state index in [-0.39, 0.29) is 10.2 Å². The highest BCUT2D eigenvalue weighted by atomic mass is 32.1. The van der Waals surface area contributed by atoms with E-state index >= 15 is 0 Å². The van der Waals surface area contributed by atoms with Crippen molar-refractivity contribution >= 4 is 57.8 Å². The summed E-state index contributed by atoms with van der Waals surface area (Å²) >= 11 is 10.2. The quantitative estimate of drug-likeness (QED) is 0.186. The fourth-order valence-corrected chi connectivity index (χ4v) is 2.75. The van der Waals surface area contributed by atoms with Gasteiger partial charge in [-0.15, -0.1) is 0 Å². The van der Waals surface area contributed by atoms with Gasteiger partial charge in [-0.1, -0.05) is 0 Å². The second-order valence-electron chi connectivity index (χ2n) is 6.35. The zero-order valence-electron chi connectivity index (χ0n) is 18.2. The summed E-state index contributed by atoms with van der Waals surface area (Å²) in [5, 5.41) is 6.11. The Hall–Kier alpha value is -3.64. The SMILES string of the molecule is CCOc1ccc(NC(=S)NNC(=O)CC(=O)NNC(=S)Nc2ccc(OCC)cc2)cc1. The normalized spacial score (nSPS) is 9.76. The minimum atomic E-state index is -0.587. The van der Waals surface area contributed by atoms with Gasteiger partial charge in [0.15, 0.2) is 10.2 Å². The number of hydrazine groups is 2. The zero-order chi connectivity index (χ0) is 24.1. The van der Waals surface area contributed by atoms with E-state index in [9.17, 15) is 9.59 Å². The summed E-state index contributed by atoms with van der Waals surface area (Å²) in [7, 11) is 0. The molecule has 0 aliphatic rings. The van der Waals surface area contributed by atoms with Crippen molar-refractivity contribution in [2.24, 2.45) is 0 Å². The van der Waals surface area contributed by atoms with Gasteiger partial charge < -0.3 is 20.1 Å². The molecule has 0 spiro atoms. The molecule has 2 aromatic carbocycles. The first-order valence-corrected chi connectivity index (χ1v) is 10.9. The molecule has 6 N–H and O–H groups in total. The molecule has 0 saturated heterocycles. The van der Waals surface area contributed by atoms with Crippen LogP contribution in [0, 0.1) is 0 Å². The molecule has 12 heteroatoms. The van der Waals surface area contributed by atoms with Crippen LogP contribution in [-0.4, -0.2) is 35.3 Å². The van der Waals surface area contributed by atoms with E-state index in [1.165, 1.54) is 0 Å². The number of carbonyl (C=O) groups is 2. The van der Waals surface area contributed by atoms with Crippen LogP contribution in [0.2, 0.25) is 0 Å². The Kier molecular flexibility index (Phi) is 10.6. The Labute approximate surface area is 202 Å². The molecule has 0 fully saturated rings. The first-order chi connectivity index (χ1) is 15.9. The van der Waals surface area contributed by atoms with Crippen LogP contribution in [0.1, 0.15) is 20.3 Å². The first-order valence-electron chi connectivity index (χ1n) is 10.1. The molecule has 0 heterocycles. The molecule has 0 atom stereocenters. The lowest BCUT2D eigenvalue weighted by Gasteiger charge is -2.13. The summed E-state index contributed by atoms with van der Waals surface area (Å²) in [6, 6.07) is 14.3. The van der Waals surface area contributed by atoms with Crippen molar-refractivity contribution in [1.29, 1.82) is 0 Å². The van der Waals surface area contributed by atoms with Crippen molar-refractivity contribution in [3.63, 3.8) is 0 Å². The van der Waals surface area contributed by atoms with Crippen LogP contribution >= 0.6 is 24.4 Å². The van der Waals surface area contributed by atoms with Gasteiger partial charge >= 0.3 is 0 Å². The largest absolute Gasteiger partial charge is 0.494 e. The Morgan fingerprint density at radius 3 is 1.36 bits per heavy atom. The molecule has 2 amide bonds. The Morgan fingerprint density at radius 1 is 0.667 bits per heavy atom. The highest BCUT2D eigenvalue weighted by Gasteiger charge is 2.10. The minimum absolute atomic E-state index is 0.159. The predicted octanol–water partition coefficient (Wildman–Crippen LogP) is 2.21. The van der Waals surface area contributed by atoms with E-state index in [1.807, 2.05) is 13.8 Å². The summed E-state index contributed by atoms with van der Waals surface area (Å²) in [6.45, 7) is 4.96. The molecule has 0 aliphatic carbocycles. The predicted molar refractivity (Wildman–Crippen MR) is 135 cm³/mol. The molecule has 0 aliphatic heterocycles. The van der Waals surface area contributed by atoms with Crippen LogP contribution < -0.4 is 41.8 Å². The van der Waals surface area contributed by atoms with Gasteiger partial charge in [0.25, 0.3) is 0 Å². The molecule has 10 nitrogen and oxygen atoms in total. The highest BCUT2D eigenvalue weighted by molar-refractivity contribution is 7.80. The molecule has 0 saturated carbocycles. The second kappa shape index (κ2) is 13.7. The van der Waals surface area contributed by atoms with Crippen molar-refractivity contribution < 1.29 is 19.1 Å². The van der Waals surface area contributed by atoms with Crippen LogP contribution in [0.4, 0.5) is 11.4 Å². The van der Waals surface area contributed by atoms with E-state index in [0.29, 0.717) is 24.6 Å². The topological polar surface area (TPSA) is 125 Å². The van der Waals surface area contributed by atoms with E-state index in [0.717, 1.165) is 11.5 Å². The van der Waals surface area contributed by atoms with Crippen LogP contribution in [-0.2, 0) is 9.59 Å². The smallest absolute Gasteiger partial charge is 0.247 e. The molecule has 2 aromatic rings. The molecule has 0 unspecified atom stereocenters. The molecule has 176 valence electrons. The zero-order valence-corrected chi connectivity index (χ0v) is 19.8. The van der Waals surface area contributed by atoms with Crippen LogP contribution in [0.15, 0.2) is 48.5 Å². The van der Waals surface area contributed by atoms with Gasteiger partial charge in [0.2, 0.25) is 11.8 Å². The van der Waals surface area contributed by atoms with Crippen molar-refractivity contribution in [1.82, 2.24) is 21.7 Å². The van der Waals surface area contributed by atoms with Crippen molar-refractivity contribution in [2.75, 3.05) is 23.8 Å². The van der Waals surface area contributed by atoms with E-state index in [1.54, 1.807) is 48.5 Å². The number of amides is 2. The molecule has 33 heavy (non-hydrogen) atoms. The van der Waals surface area contributed by atoms with Crippen LogP contribution in [0.5, 0.6) is 11.5 Å². The summed E-state index contributed by atoms with van der Waals surface area (Å²) in [6.07, 6.45) is -0.447. The number of hydrogen-bond donors (Lipinski definition) is 6. The number of thiocarbonyl (C=S) groups is 2. The molecule has 2 rings (SSSR count). The number of hydrogen-bond acceptors (Lipinski definition) is 6. The maximum absolute atomic E-state index is 11.9. The number of carbonyl (C=O) groups excluding carboxylic acids is 2. The Balaban J connectivity index is 1.64. The minimum Gasteiger partial charge on any atom is -0.494 e. The first kappa shape index (κ1) is 25.6. The van der Waals surface area contributed by atoms with Gasteiger partial charge in [0.05, 0.1) is 13.2 Å². The summed E-state index contributed by atoms with van der Waals surface area (Å²) in [5.41, 5.74) is 11.2. The fourth-order valence-electron chi connectivity index (χ4n) is 2.41. The average Bonchev–Trinajstić information content (AvgIpc) is 2.79. The van der Waals surface area contributed by atoms with Crippen molar-refractivity contribution in [3.8, 4) is 11.5 Å². The lowest BCUT2D eigenvalue weighted by molar-refractivity contribution is -0.129. The van der Waals surface area contributed by atoms with Gasteiger partial charge in [-0.05, 0) is 86.8 Å². The third-order valence-corrected chi connectivity index (χ3v) is 4.21. The van der Waals surface area contributed by atoms with Crippen LogP contribution in [0.3, 0.4) is 0 Å². The Bertz CT molecular complexity index is 877. The molecular weight excluding hydrogens is 464 g/mol. The van der Waals surface area contributed by atoms with Gasteiger partial charge in [0, 0.05) is 11.4 Å². The standard InChI is InChI=1S/C21H26N6O4S2/c1-3-30-16-9-5-14(6-10-16)22-20(32)26-24-18(28)13-19(29)25-27-21(33)23-15-7-11-17(12-8-15)31-4-2/h5-12H,3-4,13H2,1-2H3,(H,24,28)(H,25,29)(H2,22,26,32)(H2,23,27,33). The molecular formula is C21H26N6O4S2. The van der Waals surface area contributed by atoms with Crippen molar-refractivity contribution in [3.05, 3.63) is 48.5 Å². The summed E-state index contributed by atoms with van der Waals surface area (Å²) < 4.78 is 10.7. The van der Waals surface area contributed by atoms with Gasteiger partial charge in [-0.25, -0.2) is 0 Å². The second-order valence-corrected chi connectivity index (χ2v) is 7.16. The highest BCUT2D eigenvalue weighted by Crippen LogP contribution is 2.16. The third kappa shape index (κ3) is 10.0. The molecule has 0 radical (unpaired) electrons. The number of ether oxygens (including phenoxy) is 2. The Morgan fingerprint density at radius 2 is 1.03 bits per heavy atom. The lowest BCUT2D eigenvalue weighted by atomic mass is 10.3. The summed E-state index contributed by atoms with van der Waals surface area (Å²) in [5.74, 6) is 0.305. The number of nitrogens with one attached hydrogen (secondary N) is 6. The summed E-state index contributed by atoms with van der Waals surface area (Å²) in [4.78, 5) is 23.8. The van der Waals surface area contributed by atoms with Gasteiger partial charge in [-0.3, -0.25) is 31.3 Å². The maximum atomic E-state index is 11.9. The average molecular weight is 491 g/mol. The number of rotatable bonds is 8. The monoisotopic (exact) mass is 490 g/mol. The van der Waals surface area contributed by atoms with E-state index < -0.39 is 18.2 Å². The molecule has 0 bridgehead atoms. The van der Waals surface area contributed by atoms with E-state index in [4.69, 9.17) is 33.9 Å². The number of benzene rings is 2. The third-order valence-electron chi connectivity index (χ3n) is 3.80.